The van der Waals surface area contributed by atoms with Crippen LogP contribution in [0.25, 0.3) is 0 Å². The quantitative estimate of drug-likeness (QED) is 0.873. The molecule has 0 unspecified atom stereocenters. The van der Waals surface area contributed by atoms with Crippen LogP contribution in [0.4, 0.5) is 5.00 Å². The summed E-state index contributed by atoms with van der Waals surface area (Å²) in [5.74, 6) is -0.133. The molecule has 1 aromatic heterocycles. The van der Waals surface area contributed by atoms with Crippen LogP contribution in [0, 0.1) is 25.2 Å². The highest BCUT2D eigenvalue weighted by molar-refractivity contribution is 7.16. The van der Waals surface area contributed by atoms with Crippen LogP contribution in [0.3, 0.4) is 0 Å². The second kappa shape index (κ2) is 5.70. The van der Waals surface area contributed by atoms with Gasteiger partial charge in [0, 0.05) is 18.0 Å². The lowest BCUT2D eigenvalue weighted by molar-refractivity contribution is -0.117. The number of likely N-dealkylation sites (tertiary alicyclic amines) is 1. The number of aryl methyl sites for hydroxylation is 1. The molecular formula is C13H17N3O2S. The summed E-state index contributed by atoms with van der Waals surface area (Å²) >= 11 is 1.43. The number of aliphatic hydroxyl groups is 1. The molecule has 1 amide bonds. The third-order valence-electron chi connectivity index (χ3n) is 3.36. The van der Waals surface area contributed by atoms with Crippen molar-refractivity contribution in [3.63, 3.8) is 0 Å². The lowest BCUT2D eigenvalue weighted by atomic mass is 10.2. The first-order valence-corrected chi connectivity index (χ1v) is 7.03. The fourth-order valence-electron chi connectivity index (χ4n) is 2.17. The van der Waals surface area contributed by atoms with Crippen LogP contribution in [0.1, 0.15) is 22.4 Å². The van der Waals surface area contributed by atoms with Crippen molar-refractivity contribution in [3.05, 3.63) is 16.0 Å². The van der Waals surface area contributed by atoms with Crippen LogP contribution < -0.4 is 5.32 Å². The summed E-state index contributed by atoms with van der Waals surface area (Å²) in [6, 6.07) is 2.13. The van der Waals surface area contributed by atoms with Crippen LogP contribution in [-0.2, 0) is 4.79 Å². The number of hydrogen-bond acceptors (Lipinski definition) is 5. The number of carbonyl (C=O) groups is 1. The van der Waals surface area contributed by atoms with Gasteiger partial charge < -0.3 is 10.4 Å². The molecule has 2 heterocycles. The minimum Gasteiger partial charge on any atom is -0.392 e. The van der Waals surface area contributed by atoms with Crippen LogP contribution >= 0.6 is 11.3 Å². The van der Waals surface area contributed by atoms with Crippen molar-refractivity contribution < 1.29 is 9.90 Å². The Morgan fingerprint density at radius 2 is 2.37 bits per heavy atom. The maximum atomic E-state index is 11.9. The van der Waals surface area contributed by atoms with Crippen molar-refractivity contribution in [2.75, 3.05) is 25.0 Å². The summed E-state index contributed by atoms with van der Waals surface area (Å²) in [5, 5.41) is 21.9. The van der Waals surface area contributed by atoms with E-state index in [0.717, 1.165) is 17.0 Å². The predicted octanol–water partition coefficient (Wildman–Crippen LogP) is 1.24. The summed E-state index contributed by atoms with van der Waals surface area (Å²) < 4.78 is 0. The molecule has 102 valence electrons. The number of rotatable bonds is 3. The van der Waals surface area contributed by atoms with Crippen molar-refractivity contribution in [1.29, 1.82) is 5.26 Å². The van der Waals surface area contributed by atoms with Gasteiger partial charge in [0.1, 0.15) is 11.1 Å². The molecule has 1 fully saturated rings. The lowest BCUT2D eigenvalue weighted by Crippen LogP contribution is -2.32. The minimum atomic E-state index is -0.325. The molecule has 1 atom stereocenters. The molecule has 1 aliphatic heterocycles. The average Bonchev–Trinajstić information content (AvgIpc) is 2.85. The standard InChI is InChI=1S/C13H17N3O2S/c1-8-9(2)19-13(11(8)5-14)15-12(18)7-16-4-3-10(17)6-16/h10,17H,3-4,6-7H2,1-2H3,(H,15,18)/t10-/m1/s1. The molecule has 2 N–H and O–H groups in total. The van der Waals surface area contributed by atoms with E-state index >= 15 is 0 Å². The molecule has 0 aliphatic carbocycles. The Labute approximate surface area is 116 Å². The fraction of sp³-hybridized carbons (Fsp3) is 0.538. The molecule has 0 saturated carbocycles. The molecule has 0 bridgehead atoms. The zero-order chi connectivity index (χ0) is 14.0. The van der Waals surface area contributed by atoms with E-state index in [1.165, 1.54) is 11.3 Å². The van der Waals surface area contributed by atoms with E-state index in [1.807, 2.05) is 18.7 Å². The number of nitriles is 1. The summed E-state index contributed by atoms with van der Waals surface area (Å²) in [7, 11) is 0. The van der Waals surface area contributed by atoms with E-state index in [-0.39, 0.29) is 18.6 Å². The Morgan fingerprint density at radius 1 is 1.63 bits per heavy atom. The van der Waals surface area contributed by atoms with Gasteiger partial charge in [0.2, 0.25) is 5.91 Å². The molecular weight excluding hydrogens is 262 g/mol. The maximum absolute atomic E-state index is 11.9. The van der Waals surface area contributed by atoms with E-state index in [2.05, 4.69) is 11.4 Å². The summed E-state index contributed by atoms with van der Waals surface area (Å²) in [6.45, 7) is 5.37. The van der Waals surface area contributed by atoms with Crippen molar-refractivity contribution in [2.24, 2.45) is 0 Å². The predicted molar refractivity (Wildman–Crippen MR) is 74.2 cm³/mol. The molecule has 19 heavy (non-hydrogen) atoms. The Morgan fingerprint density at radius 3 is 2.95 bits per heavy atom. The number of thiophene rings is 1. The smallest absolute Gasteiger partial charge is 0.239 e. The zero-order valence-electron chi connectivity index (χ0n) is 11.1. The van der Waals surface area contributed by atoms with Crippen molar-refractivity contribution in [3.8, 4) is 6.07 Å². The van der Waals surface area contributed by atoms with E-state index < -0.39 is 0 Å². The Bertz CT molecular complexity index is 533. The first-order chi connectivity index (χ1) is 9.01. The number of anilines is 1. The number of β-amino-alcohol motifs (C(OH)–C–C–N with tert-alkyl or cyclic N) is 1. The van der Waals surface area contributed by atoms with Gasteiger partial charge in [-0.05, 0) is 25.8 Å². The van der Waals surface area contributed by atoms with Crippen LogP contribution in [0.15, 0.2) is 0 Å². The van der Waals surface area contributed by atoms with Crippen LogP contribution in [-0.4, -0.2) is 41.7 Å². The lowest BCUT2D eigenvalue weighted by Gasteiger charge is -2.13. The highest BCUT2D eigenvalue weighted by Crippen LogP contribution is 2.31. The second-order valence-electron chi connectivity index (χ2n) is 4.82. The van der Waals surface area contributed by atoms with Gasteiger partial charge >= 0.3 is 0 Å². The van der Waals surface area contributed by atoms with Crippen molar-refractivity contribution in [1.82, 2.24) is 4.90 Å². The molecule has 0 spiro atoms. The van der Waals surface area contributed by atoms with Crippen molar-refractivity contribution >= 4 is 22.2 Å². The number of nitrogens with one attached hydrogen (secondary N) is 1. The SMILES string of the molecule is Cc1sc(NC(=O)CN2CC[C@@H](O)C2)c(C#N)c1C. The molecule has 1 aromatic rings. The van der Waals surface area contributed by atoms with Gasteiger partial charge in [0.15, 0.2) is 0 Å². The van der Waals surface area contributed by atoms with Gasteiger partial charge in [-0.3, -0.25) is 9.69 Å². The number of aliphatic hydroxyl groups excluding tert-OH is 1. The van der Waals surface area contributed by atoms with Gasteiger partial charge in [0.25, 0.3) is 0 Å². The highest BCUT2D eigenvalue weighted by atomic mass is 32.1. The molecule has 1 saturated heterocycles. The number of carbonyl (C=O) groups excluding carboxylic acids is 1. The molecule has 2 rings (SSSR count). The Balaban J connectivity index is 2.00. The zero-order valence-corrected chi connectivity index (χ0v) is 11.9. The number of amides is 1. The monoisotopic (exact) mass is 279 g/mol. The van der Waals surface area contributed by atoms with Gasteiger partial charge in [0.05, 0.1) is 18.2 Å². The van der Waals surface area contributed by atoms with E-state index in [0.29, 0.717) is 23.5 Å². The highest BCUT2D eigenvalue weighted by Gasteiger charge is 2.23. The normalized spacial score (nSPS) is 19.4. The molecule has 6 heteroatoms. The summed E-state index contributed by atoms with van der Waals surface area (Å²) in [5.41, 5.74) is 1.48. The Hall–Kier alpha value is -1.42. The maximum Gasteiger partial charge on any atom is 0.239 e. The van der Waals surface area contributed by atoms with Gasteiger partial charge in [-0.15, -0.1) is 11.3 Å². The topological polar surface area (TPSA) is 76.4 Å². The number of nitrogens with zero attached hydrogens (tertiary/aromatic N) is 2. The van der Waals surface area contributed by atoms with E-state index in [4.69, 9.17) is 5.26 Å². The first kappa shape index (κ1) is 14.0. The summed E-state index contributed by atoms with van der Waals surface area (Å²) in [4.78, 5) is 14.9. The van der Waals surface area contributed by atoms with Crippen LogP contribution in [0.5, 0.6) is 0 Å². The molecule has 0 radical (unpaired) electrons. The molecule has 0 aromatic carbocycles. The van der Waals surface area contributed by atoms with Gasteiger partial charge in [-0.25, -0.2) is 0 Å². The fourth-order valence-corrected chi connectivity index (χ4v) is 3.20. The molecule has 1 aliphatic rings. The minimum absolute atomic E-state index is 0.133. The second-order valence-corrected chi connectivity index (χ2v) is 6.05. The van der Waals surface area contributed by atoms with Crippen LogP contribution in [0.2, 0.25) is 0 Å². The van der Waals surface area contributed by atoms with Crippen molar-refractivity contribution in [2.45, 2.75) is 26.4 Å². The third kappa shape index (κ3) is 3.13. The van der Waals surface area contributed by atoms with E-state index in [9.17, 15) is 9.90 Å². The first-order valence-electron chi connectivity index (χ1n) is 6.21. The molecule has 5 nitrogen and oxygen atoms in total. The van der Waals surface area contributed by atoms with Gasteiger partial charge in [-0.1, -0.05) is 0 Å². The summed E-state index contributed by atoms with van der Waals surface area (Å²) in [6.07, 6.45) is 0.391. The average molecular weight is 279 g/mol. The number of hydrogen-bond donors (Lipinski definition) is 2. The Kier molecular flexibility index (Phi) is 4.20. The largest absolute Gasteiger partial charge is 0.392 e. The third-order valence-corrected chi connectivity index (χ3v) is 4.49. The van der Waals surface area contributed by atoms with E-state index in [1.54, 1.807) is 0 Å². The van der Waals surface area contributed by atoms with Gasteiger partial charge in [-0.2, -0.15) is 5.26 Å².